The molecule has 1 amide bonds. The molecule has 0 saturated carbocycles. The van der Waals surface area contributed by atoms with E-state index in [2.05, 4.69) is 10.6 Å². The predicted molar refractivity (Wildman–Crippen MR) is 73.0 cm³/mol. The van der Waals surface area contributed by atoms with Crippen molar-refractivity contribution in [2.45, 2.75) is 26.3 Å². The highest BCUT2D eigenvalue weighted by molar-refractivity contribution is 5.82. The molecular formula is C14H19FN2O3. The van der Waals surface area contributed by atoms with Gasteiger partial charge >= 0.3 is 5.97 Å². The fourth-order valence-corrected chi connectivity index (χ4v) is 1.85. The molecule has 1 rings (SSSR count). The van der Waals surface area contributed by atoms with Crippen molar-refractivity contribution >= 4 is 11.9 Å². The molecule has 0 aromatic heterocycles. The van der Waals surface area contributed by atoms with E-state index in [1.165, 1.54) is 19.1 Å². The Kier molecular flexibility index (Phi) is 6.11. The second-order valence-electron chi connectivity index (χ2n) is 4.62. The first kappa shape index (κ1) is 16.1. The van der Waals surface area contributed by atoms with Gasteiger partial charge in [0.15, 0.2) is 0 Å². The van der Waals surface area contributed by atoms with Crippen LogP contribution in [0, 0.1) is 12.7 Å². The van der Waals surface area contributed by atoms with Gasteiger partial charge in [-0.1, -0.05) is 6.07 Å². The number of rotatable bonds is 7. The van der Waals surface area contributed by atoms with Crippen LogP contribution in [-0.2, 0) is 16.0 Å². The summed E-state index contributed by atoms with van der Waals surface area (Å²) in [6.07, 6.45) is 0.665. The maximum absolute atomic E-state index is 12.9. The summed E-state index contributed by atoms with van der Waals surface area (Å²) in [7, 11) is 0. The summed E-state index contributed by atoms with van der Waals surface area (Å²) < 4.78 is 12.9. The van der Waals surface area contributed by atoms with Crippen molar-refractivity contribution in [2.24, 2.45) is 0 Å². The third kappa shape index (κ3) is 5.36. The molecule has 0 aliphatic carbocycles. The molecule has 3 N–H and O–H groups in total. The Bertz CT molecular complexity index is 491. The van der Waals surface area contributed by atoms with E-state index in [9.17, 15) is 14.0 Å². The standard InChI is InChI=1S/C14H19FN2O3/c1-9-7-12(15)4-3-11(9)5-6-16-8-13(14(19)20)17-10(2)18/h3-4,7,13,16H,5-6,8H2,1-2H3,(H,17,18)(H,19,20). The van der Waals surface area contributed by atoms with E-state index in [1.807, 2.05) is 6.92 Å². The van der Waals surface area contributed by atoms with Crippen molar-refractivity contribution in [2.75, 3.05) is 13.1 Å². The Labute approximate surface area is 117 Å². The zero-order chi connectivity index (χ0) is 15.1. The lowest BCUT2D eigenvalue weighted by Crippen LogP contribution is -2.46. The number of carboxylic acid groups (broad SMARTS) is 1. The van der Waals surface area contributed by atoms with Gasteiger partial charge in [0.25, 0.3) is 0 Å². The van der Waals surface area contributed by atoms with Crippen LogP contribution < -0.4 is 10.6 Å². The van der Waals surface area contributed by atoms with Crippen molar-refractivity contribution in [3.05, 3.63) is 35.1 Å². The monoisotopic (exact) mass is 282 g/mol. The molecule has 0 radical (unpaired) electrons. The summed E-state index contributed by atoms with van der Waals surface area (Å²) in [5, 5.41) is 14.2. The molecule has 1 aromatic carbocycles. The molecule has 1 unspecified atom stereocenters. The third-order valence-corrected chi connectivity index (χ3v) is 2.90. The van der Waals surface area contributed by atoms with Gasteiger partial charge < -0.3 is 15.7 Å². The fraction of sp³-hybridized carbons (Fsp3) is 0.429. The second kappa shape index (κ2) is 7.59. The zero-order valence-corrected chi connectivity index (χ0v) is 11.6. The summed E-state index contributed by atoms with van der Waals surface area (Å²) in [5.41, 5.74) is 1.87. The minimum atomic E-state index is -1.08. The van der Waals surface area contributed by atoms with Crippen LogP contribution in [0.2, 0.25) is 0 Å². The summed E-state index contributed by atoms with van der Waals surface area (Å²) in [6.45, 7) is 3.80. The minimum Gasteiger partial charge on any atom is -0.480 e. The summed E-state index contributed by atoms with van der Waals surface area (Å²) in [5.74, 6) is -1.73. The maximum atomic E-state index is 12.9. The van der Waals surface area contributed by atoms with Gasteiger partial charge in [0.1, 0.15) is 11.9 Å². The van der Waals surface area contributed by atoms with Gasteiger partial charge in [0, 0.05) is 13.5 Å². The first-order valence-corrected chi connectivity index (χ1v) is 6.36. The minimum absolute atomic E-state index is 0.148. The zero-order valence-electron chi connectivity index (χ0n) is 11.6. The Morgan fingerprint density at radius 3 is 2.65 bits per heavy atom. The number of hydrogen-bond acceptors (Lipinski definition) is 3. The fourth-order valence-electron chi connectivity index (χ4n) is 1.85. The number of amides is 1. The molecule has 0 spiro atoms. The number of carbonyl (C=O) groups excluding carboxylic acids is 1. The molecule has 0 bridgehead atoms. The smallest absolute Gasteiger partial charge is 0.327 e. The van der Waals surface area contributed by atoms with Crippen LogP contribution in [0.25, 0.3) is 0 Å². The highest BCUT2D eigenvalue weighted by Gasteiger charge is 2.17. The van der Waals surface area contributed by atoms with E-state index in [0.29, 0.717) is 13.0 Å². The molecule has 6 heteroatoms. The Morgan fingerprint density at radius 2 is 2.10 bits per heavy atom. The van der Waals surface area contributed by atoms with Gasteiger partial charge in [0.2, 0.25) is 5.91 Å². The van der Waals surface area contributed by atoms with Gasteiger partial charge in [-0.3, -0.25) is 4.79 Å². The van der Waals surface area contributed by atoms with Crippen molar-refractivity contribution in [3.8, 4) is 0 Å². The number of nitrogens with one attached hydrogen (secondary N) is 2. The molecule has 5 nitrogen and oxygen atoms in total. The molecule has 20 heavy (non-hydrogen) atoms. The van der Waals surface area contributed by atoms with E-state index in [0.717, 1.165) is 11.1 Å². The van der Waals surface area contributed by atoms with Crippen LogP contribution in [0.1, 0.15) is 18.1 Å². The molecule has 0 fully saturated rings. The van der Waals surface area contributed by atoms with Crippen LogP contribution in [0.3, 0.4) is 0 Å². The van der Waals surface area contributed by atoms with Crippen LogP contribution >= 0.6 is 0 Å². The number of hydrogen-bond donors (Lipinski definition) is 3. The molecule has 0 aliphatic heterocycles. The second-order valence-corrected chi connectivity index (χ2v) is 4.62. The van der Waals surface area contributed by atoms with Gasteiger partial charge in [-0.2, -0.15) is 0 Å². The third-order valence-electron chi connectivity index (χ3n) is 2.90. The quantitative estimate of drug-likeness (QED) is 0.648. The first-order chi connectivity index (χ1) is 9.40. The van der Waals surface area contributed by atoms with Gasteiger partial charge in [0.05, 0.1) is 0 Å². The van der Waals surface area contributed by atoms with Crippen molar-refractivity contribution in [1.29, 1.82) is 0 Å². The van der Waals surface area contributed by atoms with Crippen molar-refractivity contribution < 1.29 is 19.1 Å². The number of benzene rings is 1. The Hall–Kier alpha value is -1.95. The summed E-state index contributed by atoms with van der Waals surface area (Å²) in [4.78, 5) is 21.7. The number of carbonyl (C=O) groups is 2. The molecule has 1 aromatic rings. The summed E-state index contributed by atoms with van der Waals surface area (Å²) in [6, 6.07) is 3.64. The van der Waals surface area contributed by atoms with Crippen molar-refractivity contribution in [1.82, 2.24) is 10.6 Å². The van der Waals surface area contributed by atoms with Crippen LogP contribution in [-0.4, -0.2) is 36.1 Å². The first-order valence-electron chi connectivity index (χ1n) is 6.36. The van der Waals surface area contributed by atoms with Gasteiger partial charge in [-0.25, -0.2) is 9.18 Å². The number of halogens is 1. The lowest BCUT2D eigenvalue weighted by atomic mass is 10.1. The largest absolute Gasteiger partial charge is 0.480 e. The Balaban J connectivity index is 2.40. The normalized spacial score (nSPS) is 11.9. The molecule has 0 saturated heterocycles. The van der Waals surface area contributed by atoms with Gasteiger partial charge in [-0.15, -0.1) is 0 Å². The molecule has 1 atom stereocenters. The highest BCUT2D eigenvalue weighted by Crippen LogP contribution is 2.10. The topological polar surface area (TPSA) is 78.4 Å². The van der Waals surface area contributed by atoms with E-state index in [-0.39, 0.29) is 18.3 Å². The van der Waals surface area contributed by atoms with E-state index < -0.39 is 12.0 Å². The summed E-state index contributed by atoms with van der Waals surface area (Å²) >= 11 is 0. The Morgan fingerprint density at radius 1 is 1.40 bits per heavy atom. The van der Waals surface area contributed by atoms with E-state index in [1.54, 1.807) is 6.07 Å². The highest BCUT2D eigenvalue weighted by atomic mass is 19.1. The number of carboxylic acids is 1. The average Bonchev–Trinajstić information content (AvgIpc) is 2.34. The van der Waals surface area contributed by atoms with Gasteiger partial charge in [-0.05, 0) is 43.1 Å². The van der Waals surface area contributed by atoms with E-state index in [4.69, 9.17) is 5.11 Å². The van der Waals surface area contributed by atoms with E-state index >= 15 is 0 Å². The van der Waals surface area contributed by atoms with Crippen LogP contribution in [0.5, 0.6) is 0 Å². The molecule has 0 heterocycles. The average molecular weight is 282 g/mol. The van der Waals surface area contributed by atoms with Crippen LogP contribution in [0.15, 0.2) is 18.2 Å². The molecule has 110 valence electrons. The van der Waals surface area contributed by atoms with Crippen molar-refractivity contribution in [3.63, 3.8) is 0 Å². The number of aryl methyl sites for hydroxylation is 1. The SMILES string of the molecule is CC(=O)NC(CNCCc1ccc(F)cc1C)C(=O)O. The molecule has 0 aliphatic rings. The van der Waals surface area contributed by atoms with Crippen LogP contribution in [0.4, 0.5) is 4.39 Å². The number of aliphatic carboxylic acids is 1. The predicted octanol–water partition coefficient (Wildman–Crippen LogP) is 0.856. The lowest BCUT2D eigenvalue weighted by molar-refractivity contribution is -0.141. The lowest BCUT2D eigenvalue weighted by Gasteiger charge is -2.14. The maximum Gasteiger partial charge on any atom is 0.327 e. The molecular weight excluding hydrogens is 263 g/mol.